The third-order valence-corrected chi connectivity index (χ3v) is 3.69. The molecule has 1 amide bonds. The maximum atomic E-state index is 12.0. The Kier molecular flexibility index (Phi) is 4.25. The zero-order valence-corrected chi connectivity index (χ0v) is 11.4. The maximum absolute atomic E-state index is 12.0. The minimum atomic E-state index is -0.115. The number of hydrogen-bond donors (Lipinski definition) is 1. The summed E-state index contributed by atoms with van der Waals surface area (Å²) < 4.78 is 0. The molecule has 0 bridgehead atoms. The van der Waals surface area contributed by atoms with Crippen LogP contribution in [0.2, 0.25) is 5.02 Å². The van der Waals surface area contributed by atoms with Crippen molar-refractivity contribution in [3.8, 4) is 0 Å². The average molecular weight is 267 g/mol. The van der Waals surface area contributed by atoms with Crippen LogP contribution in [-0.2, 0) is 4.79 Å². The molecule has 1 aromatic rings. The van der Waals surface area contributed by atoms with Gasteiger partial charge in [-0.25, -0.2) is 0 Å². The average Bonchev–Trinajstić information content (AvgIpc) is 2.62. The van der Waals surface area contributed by atoms with Crippen molar-refractivity contribution in [3.05, 3.63) is 34.9 Å². The summed E-state index contributed by atoms with van der Waals surface area (Å²) in [6, 6.07) is 7.51. The van der Waals surface area contributed by atoms with Crippen molar-refractivity contribution in [2.24, 2.45) is 5.73 Å². The molecule has 4 heteroatoms. The van der Waals surface area contributed by atoms with E-state index in [1.54, 1.807) is 0 Å². The van der Waals surface area contributed by atoms with Gasteiger partial charge in [0.25, 0.3) is 0 Å². The van der Waals surface area contributed by atoms with E-state index in [1.807, 2.05) is 29.2 Å². The van der Waals surface area contributed by atoms with Crippen LogP contribution in [0, 0.1) is 0 Å². The molecule has 1 aromatic carbocycles. The number of amides is 1. The number of carbonyl (C=O) groups is 1. The molecule has 1 aliphatic rings. The number of hydrogen-bond acceptors (Lipinski definition) is 2. The molecule has 2 N–H and O–H groups in total. The van der Waals surface area contributed by atoms with Crippen molar-refractivity contribution < 1.29 is 4.79 Å². The van der Waals surface area contributed by atoms with Gasteiger partial charge in [-0.15, -0.1) is 0 Å². The van der Waals surface area contributed by atoms with Crippen molar-refractivity contribution in [2.75, 3.05) is 6.54 Å². The largest absolute Gasteiger partial charge is 0.334 e. The molecule has 2 rings (SSSR count). The van der Waals surface area contributed by atoms with Crippen LogP contribution in [0.3, 0.4) is 0 Å². The zero-order chi connectivity index (χ0) is 13.1. The number of nitrogens with two attached hydrogens (primary N) is 1. The number of unbranched alkanes of at least 4 members (excludes halogenated alkanes) is 1. The predicted octanol–water partition coefficient (Wildman–Crippen LogP) is 2.74. The van der Waals surface area contributed by atoms with Gasteiger partial charge >= 0.3 is 0 Å². The van der Waals surface area contributed by atoms with Crippen LogP contribution in [0.25, 0.3) is 0 Å². The monoisotopic (exact) mass is 266 g/mol. The first-order chi connectivity index (χ1) is 8.63. The van der Waals surface area contributed by atoms with E-state index in [-0.39, 0.29) is 18.0 Å². The third-order valence-electron chi connectivity index (χ3n) is 3.44. The molecule has 0 aliphatic carbocycles. The summed E-state index contributed by atoms with van der Waals surface area (Å²) in [4.78, 5) is 13.9. The Hall–Kier alpha value is -1.06. The van der Waals surface area contributed by atoms with Gasteiger partial charge in [0.05, 0.1) is 6.04 Å². The molecule has 0 saturated carbocycles. The molecule has 98 valence electrons. The van der Waals surface area contributed by atoms with Crippen molar-refractivity contribution in [2.45, 2.75) is 38.3 Å². The number of benzene rings is 1. The molecule has 1 saturated heterocycles. The van der Waals surface area contributed by atoms with Crippen molar-refractivity contribution >= 4 is 17.5 Å². The quantitative estimate of drug-likeness (QED) is 0.911. The van der Waals surface area contributed by atoms with Crippen molar-refractivity contribution in [3.63, 3.8) is 0 Å². The van der Waals surface area contributed by atoms with Crippen LogP contribution in [0.1, 0.15) is 37.8 Å². The smallest absolute Gasteiger partial charge is 0.224 e. The van der Waals surface area contributed by atoms with E-state index < -0.39 is 0 Å². The van der Waals surface area contributed by atoms with Gasteiger partial charge in [0.2, 0.25) is 5.91 Å². The topological polar surface area (TPSA) is 46.3 Å². The Balaban J connectivity index is 2.22. The second-order valence-corrected chi connectivity index (χ2v) is 5.24. The summed E-state index contributed by atoms with van der Waals surface area (Å²) in [7, 11) is 0. The van der Waals surface area contributed by atoms with Crippen molar-refractivity contribution in [1.29, 1.82) is 0 Å². The molecule has 18 heavy (non-hydrogen) atoms. The second kappa shape index (κ2) is 5.72. The lowest BCUT2D eigenvalue weighted by atomic mass is 10.0. The lowest BCUT2D eigenvalue weighted by molar-refractivity contribution is -0.129. The van der Waals surface area contributed by atoms with Gasteiger partial charge in [0.1, 0.15) is 0 Å². The normalized spacial score (nSPS) is 23.7. The Morgan fingerprint density at radius 3 is 2.67 bits per heavy atom. The van der Waals surface area contributed by atoms with Crippen molar-refractivity contribution in [1.82, 2.24) is 4.90 Å². The van der Waals surface area contributed by atoms with E-state index in [0.717, 1.165) is 24.9 Å². The molecule has 1 aliphatic heterocycles. The van der Waals surface area contributed by atoms with E-state index in [2.05, 4.69) is 6.92 Å². The van der Waals surface area contributed by atoms with Gasteiger partial charge in [0.15, 0.2) is 0 Å². The summed E-state index contributed by atoms with van der Waals surface area (Å²) in [6.07, 6.45) is 2.53. The highest BCUT2D eigenvalue weighted by molar-refractivity contribution is 6.30. The first kappa shape index (κ1) is 13.4. The molecule has 3 nitrogen and oxygen atoms in total. The second-order valence-electron chi connectivity index (χ2n) is 4.81. The Morgan fingerprint density at radius 2 is 2.06 bits per heavy atom. The van der Waals surface area contributed by atoms with Gasteiger partial charge in [-0.2, -0.15) is 0 Å². The highest BCUT2D eigenvalue weighted by Crippen LogP contribution is 2.32. The number of carbonyl (C=O) groups excluding carboxylic acids is 1. The fourth-order valence-electron chi connectivity index (χ4n) is 2.50. The zero-order valence-electron chi connectivity index (χ0n) is 10.6. The number of halogens is 1. The van der Waals surface area contributed by atoms with E-state index in [9.17, 15) is 4.79 Å². The van der Waals surface area contributed by atoms with Gasteiger partial charge in [-0.3, -0.25) is 4.79 Å². The number of likely N-dealkylation sites (tertiary alicyclic amines) is 1. The highest BCUT2D eigenvalue weighted by atomic mass is 35.5. The molecule has 0 radical (unpaired) electrons. The standard InChI is InChI=1S/C14H19ClN2O/c1-2-3-8-17-13(18)9-12(16)14(17)10-4-6-11(15)7-5-10/h4-7,12,14H,2-3,8-9,16H2,1H3. The van der Waals surface area contributed by atoms with Crippen LogP contribution in [0.4, 0.5) is 0 Å². The molecule has 2 unspecified atom stereocenters. The fourth-order valence-corrected chi connectivity index (χ4v) is 2.62. The van der Waals surface area contributed by atoms with Gasteiger partial charge in [-0.1, -0.05) is 37.1 Å². The van der Waals surface area contributed by atoms with Crippen LogP contribution in [0.5, 0.6) is 0 Å². The Labute approximate surface area is 113 Å². The first-order valence-corrected chi connectivity index (χ1v) is 6.81. The maximum Gasteiger partial charge on any atom is 0.224 e. The summed E-state index contributed by atoms with van der Waals surface area (Å²) in [5.41, 5.74) is 7.18. The first-order valence-electron chi connectivity index (χ1n) is 6.44. The van der Waals surface area contributed by atoms with Crippen LogP contribution in [0.15, 0.2) is 24.3 Å². The van der Waals surface area contributed by atoms with E-state index in [0.29, 0.717) is 11.4 Å². The van der Waals surface area contributed by atoms with Crippen LogP contribution >= 0.6 is 11.6 Å². The molecule has 1 heterocycles. The summed E-state index contributed by atoms with van der Waals surface area (Å²) >= 11 is 5.89. The summed E-state index contributed by atoms with van der Waals surface area (Å²) in [5.74, 6) is 0.163. The molecule has 0 aromatic heterocycles. The molecular weight excluding hydrogens is 248 g/mol. The molecule has 0 spiro atoms. The van der Waals surface area contributed by atoms with E-state index in [1.165, 1.54) is 0 Å². The minimum absolute atomic E-state index is 0.00122. The molecule has 1 fully saturated rings. The lowest BCUT2D eigenvalue weighted by Crippen LogP contribution is -2.33. The van der Waals surface area contributed by atoms with Gasteiger partial charge < -0.3 is 10.6 Å². The van der Waals surface area contributed by atoms with Crippen LogP contribution in [-0.4, -0.2) is 23.4 Å². The fraction of sp³-hybridized carbons (Fsp3) is 0.500. The van der Waals surface area contributed by atoms with Gasteiger partial charge in [-0.05, 0) is 24.1 Å². The number of rotatable bonds is 4. The molecular formula is C14H19ClN2O. The highest BCUT2D eigenvalue weighted by Gasteiger charge is 2.37. The molecule has 2 atom stereocenters. The predicted molar refractivity (Wildman–Crippen MR) is 73.4 cm³/mol. The van der Waals surface area contributed by atoms with E-state index in [4.69, 9.17) is 17.3 Å². The van der Waals surface area contributed by atoms with Crippen LogP contribution < -0.4 is 5.73 Å². The summed E-state index contributed by atoms with van der Waals surface area (Å²) in [5, 5.41) is 0.705. The Morgan fingerprint density at radius 1 is 1.39 bits per heavy atom. The third kappa shape index (κ3) is 2.68. The Bertz CT molecular complexity index is 418. The SMILES string of the molecule is CCCCN1C(=O)CC(N)C1c1ccc(Cl)cc1. The minimum Gasteiger partial charge on any atom is -0.334 e. The van der Waals surface area contributed by atoms with Gasteiger partial charge in [0, 0.05) is 24.0 Å². The number of nitrogens with zero attached hydrogens (tertiary/aromatic N) is 1. The lowest BCUT2D eigenvalue weighted by Gasteiger charge is -2.27. The summed E-state index contributed by atoms with van der Waals surface area (Å²) in [6.45, 7) is 2.91. The van der Waals surface area contributed by atoms with E-state index >= 15 is 0 Å².